The van der Waals surface area contributed by atoms with Crippen LogP contribution in [0.4, 0.5) is 0 Å². The van der Waals surface area contributed by atoms with Crippen molar-refractivity contribution < 1.29 is 26.7 Å². The summed E-state index contributed by atoms with van der Waals surface area (Å²) in [4.78, 5) is 0.0474. The highest BCUT2D eigenvalue weighted by Crippen LogP contribution is 2.25. The molecule has 3 atom stereocenters. The van der Waals surface area contributed by atoms with Crippen molar-refractivity contribution in [3.05, 3.63) is 58.6 Å². The molecule has 0 bridgehead atoms. The molecule has 0 heterocycles. The molecule has 2 aromatic rings. The molecule has 0 spiro atoms. The van der Waals surface area contributed by atoms with Gasteiger partial charge in [0.1, 0.15) is 0 Å². The lowest BCUT2D eigenvalue weighted by atomic mass is 10.0. The number of sulfonamides is 2. The number of hydrogen-bond acceptors (Lipinski definition) is 6. The van der Waals surface area contributed by atoms with Gasteiger partial charge in [-0.25, -0.2) is 16.8 Å². The summed E-state index contributed by atoms with van der Waals surface area (Å²) in [5, 5.41) is 10.3. The monoisotopic (exact) mass is 552 g/mol. The molecule has 0 aliphatic carbocycles. The Balaban J connectivity index is 2.27. The molecule has 34 heavy (non-hydrogen) atoms. The summed E-state index contributed by atoms with van der Waals surface area (Å²) in [5.41, 5.74) is 0. The Kier molecular flexibility index (Phi) is 10.3. The number of aliphatic hydroxyl groups excluding tert-OH is 1. The predicted octanol–water partition coefficient (Wildman–Crippen LogP) is 3.34. The standard InChI is InChI=1S/C22H30Cl2N2O6S2/c1-16(13-26(17(2)15-27)34(30,31)21-10-6-8-19(24)12-21)22(32-4)14-25(3)33(28,29)20-9-5-7-18(23)11-20/h5-12,16-17,22,27H,13-15H2,1-4H3/t16-,17+,22+/m0/s1. The number of hydrogen-bond donors (Lipinski definition) is 1. The van der Waals surface area contributed by atoms with Crippen molar-refractivity contribution in [2.75, 3.05) is 33.9 Å². The van der Waals surface area contributed by atoms with Crippen molar-refractivity contribution in [3.63, 3.8) is 0 Å². The molecule has 0 fully saturated rings. The summed E-state index contributed by atoms with van der Waals surface area (Å²) < 4.78 is 60.5. The van der Waals surface area contributed by atoms with E-state index in [2.05, 4.69) is 0 Å². The van der Waals surface area contributed by atoms with E-state index in [9.17, 15) is 21.9 Å². The van der Waals surface area contributed by atoms with Crippen LogP contribution in [0.1, 0.15) is 13.8 Å². The first kappa shape index (κ1) is 29.0. The molecule has 0 amide bonds. The molecule has 1 N–H and O–H groups in total. The number of nitrogens with zero attached hydrogens (tertiary/aromatic N) is 2. The minimum atomic E-state index is -3.99. The number of methoxy groups -OCH3 is 1. The normalized spacial score (nSPS) is 15.4. The molecule has 8 nitrogen and oxygen atoms in total. The van der Waals surface area contributed by atoms with Crippen molar-refractivity contribution in [1.29, 1.82) is 0 Å². The van der Waals surface area contributed by atoms with Crippen LogP contribution >= 0.6 is 23.2 Å². The van der Waals surface area contributed by atoms with Gasteiger partial charge in [0.05, 0.1) is 22.5 Å². The predicted molar refractivity (Wildman–Crippen MR) is 133 cm³/mol. The number of likely N-dealkylation sites (N-methyl/N-ethyl adjacent to an activating group) is 1. The quantitative estimate of drug-likeness (QED) is 0.433. The SMILES string of the molecule is CO[C@H](CN(C)S(=O)(=O)c1cccc(Cl)c1)[C@@H](C)CN([C@H](C)CO)S(=O)(=O)c1cccc(Cl)c1. The Morgan fingerprint density at radius 3 is 1.85 bits per heavy atom. The first-order chi connectivity index (χ1) is 15.8. The number of benzene rings is 2. The molecule has 0 saturated carbocycles. The smallest absolute Gasteiger partial charge is 0.243 e. The van der Waals surface area contributed by atoms with E-state index in [1.807, 2.05) is 0 Å². The molecule has 190 valence electrons. The van der Waals surface area contributed by atoms with Crippen molar-refractivity contribution in [1.82, 2.24) is 8.61 Å². The van der Waals surface area contributed by atoms with Gasteiger partial charge in [-0.05, 0) is 49.2 Å². The summed E-state index contributed by atoms with van der Waals surface area (Å²) >= 11 is 11.9. The summed E-state index contributed by atoms with van der Waals surface area (Å²) in [6.45, 7) is 2.92. The number of ether oxygens (including phenoxy) is 1. The zero-order chi connectivity index (χ0) is 25.7. The van der Waals surface area contributed by atoms with E-state index >= 15 is 0 Å². The van der Waals surface area contributed by atoms with Crippen molar-refractivity contribution in [2.24, 2.45) is 5.92 Å². The maximum atomic E-state index is 13.3. The molecule has 0 aliphatic heterocycles. The number of halogens is 2. The van der Waals surface area contributed by atoms with Crippen molar-refractivity contribution >= 4 is 43.2 Å². The third-order valence-corrected chi connectivity index (χ3v) is 9.77. The second-order valence-electron chi connectivity index (χ2n) is 8.06. The highest BCUT2D eigenvalue weighted by molar-refractivity contribution is 7.89. The van der Waals surface area contributed by atoms with Crippen molar-refractivity contribution in [3.8, 4) is 0 Å². The lowest BCUT2D eigenvalue weighted by molar-refractivity contribution is 0.0360. The molecule has 2 rings (SSSR count). The minimum Gasteiger partial charge on any atom is -0.395 e. The second kappa shape index (κ2) is 12.1. The Bertz CT molecular complexity index is 1180. The molecule has 0 radical (unpaired) electrons. The minimum absolute atomic E-state index is 0.00196. The largest absolute Gasteiger partial charge is 0.395 e. The van der Waals surface area contributed by atoms with Gasteiger partial charge in [0.2, 0.25) is 20.0 Å². The van der Waals surface area contributed by atoms with Gasteiger partial charge in [-0.2, -0.15) is 8.61 Å². The molecule has 0 saturated heterocycles. The Hall–Kier alpha value is -1.24. The summed E-state index contributed by atoms with van der Waals surface area (Å²) in [7, 11) is -4.97. The van der Waals surface area contributed by atoms with Crippen LogP contribution < -0.4 is 0 Å². The molecular weight excluding hydrogens is 523 g/mol. The third-order valence-electron chi connectivity index (χ3n) is 5.51. The van der Waals surface area contributed by atoms with Gasteiger partial charge in [0.25, 0.3) is 0 Å². The maximum absolute atomic E-state index is 13.3. The van der Waals surface area contributed by atoms with E-state index in [-0.39, 0.29) is 27.9 Å². The lowest BCUT2D eigenvalue weighted by Gasteiger charge is -2.33. The zero-order valence-electron chi connectivity index (χ0n) is 19.4. The van der Waals surface area contributed by atoms with E-state index in [1.54, 1.807) is 32.0 Å². The van der Waals surface area contributed by atoms with E-state index in [1.165, 1.54) is 48.8 Å². The maximum Gasteiger partial charge on any atom is 0.243 e. The van der Waals surface area contributed by atoms with E-state index < -0.39 is 44.7 Å². The van der Waals surface area contributed by atoms with Crippen LogP contribution in [0.15, 0.2) is 58.3 Å². The van der Waals surface area contributed by atoms with Crippen LogP contribution in [0.2, 0.25) is 10.0 Å². The summed E-state index contributed by atoms with van der Waals surface area (Å²) in [5.74, 6) is -0.426. The van der Waals surface area contributed by atoms with Crippen LogP contribution in [-0.4, -0.2) is 76.6 Å². The highest BCUT2D eigenvalue weighted by atomic mass is 35.5. The molecule has 0 aromatic heterocycles. The van der Waals surface area contributed by atoms with Crippen LogP contribution in [0.25, 0.3) is 0 Å². The molecule has 12 heteroatoms. The topological polar surface area (TPSA) is 104 Å². The van der Waals surface area contributed by atoms with Gasteiger partial charge in [-0.3, -0.25) is 0 Å². The molecular formula is C22H30Cl2N2O6S2. The molecule has 2 aromatic carbocycles. The summed E-state index contributed by atoms with van der Waals surface area (Å²) in [6, 6.07) is 11.1. The van der Waals surface area contributed by atoms with Gasteiger partial charge < -0.3 is 9.84 Å². The Morgan fingerprint density at radius 2 is 1.41 bits per heavy atom. The molecule has 0 aliphatic rings. The zero-order valence-corrected chi connectivity index (χ0v) is 22.6. The fourth-order valence-corrected chi connectivity index (χ4v) is 6.92. The Labute approximate surface area is 212 Å². The van der Waals surface area contributed by atoms with Crippen molar-refractivity contribution in [2.45, 2.75) is 35.8 Å². The fraction of sp³-hybridized carbons (Fsp3) is 0.455. The van der Waals surface area contributed by atoms with Crippen LogP contribution in [0.3, 0.4) is 0 Å². The average molecular weight is 554 g/mol. The van der Waals surface area contributed by atoms with Gasteiger partial charge in [-0.1, -0.05) is 42.3 Å². The first-order valence-electron chi connectivity index (χ1n) is 10.5. The van der Waals surface area contributed by atoms with E-state index in [4.69, 9.17) is 27.9 Å². The molecule has 0 unspecified atom stereocenters. The first-order valence-corrected chi connectivity index (χ1v) is 14.1. The van der Waals surface area contributed by atoms with Gasteiger partial charge in [0, 0.05) is 43.3 Å². The average Bonchev–Trinajstić information content (AvgIpc) is 2.79. The van der Waals surface area contributed by atoms with Crippen LogP contribution in [-0.2, 0) is 24.8 Å². The van der Waals surface area contributed by atoms with Gasteiger partial charge in [0.15, 0.2) is 0 Å². The van der Waals surface area contributed by atoms with Crippen LogP contribution in [0, 0.1) is 5.92 Å². The summed E-state index contributed by atoms with van der Waals surface area (Å²) in [6.07, 6.45) is -0.637. The number of aliphatic hydroxyl groups is 1. The fourth-order valence-electron chi connectivity index (χ4n) is 3.42. The van der Waals surface area contributed by atoms with Gasteiger partial charge >= 0.3 is 0 Å². The lowest BCUT2D eigenvalue weighted by Crippen LogP contribution is -2.47. The van der Waals surface area contributed by atoms with Crippen LogP contribution in [0.5, 0.6) is 0 Å². The van der Waals surface area contributed by atoms with E-state index in [0.717, 1.165) is 4.31 Å². The second-order valence-corrected chi connectivity index (χ2v) is 12.9. The highest BCUT2D eigenvalue weighted by Gasteiger charge is 2.34. The van der Waals surface area contributed by atoms with E-state index in [0.29, 0.717) is 5.02 Å². The van der Waals surface area contributed by atoms with Gasteiger partial charge in [-0.15, -0.1) is 0 Å². The third kappa shape index (κ3) is 6.92. The number of rotatable bonds is 12. The Morgan fingerprint density at radius 1 is 0.912 bits per heavy atom.